The molecule has 0 bridgehead atoms. The highest BCUT2D eigenvalue weighted by atomic mass is 32.1. The summed E-state index contributed by atoms with van der Waals surface area (Å²) in [6.45, 7) is 6.86. The van der Waals surface area contributed by atoms with Crippen LogP contribution < -0.4 is 5.32 Å². The predicted molar refractivity (Wildman–Crippen MR) is 67.9 cm³/mol. The van der Waals surface area contributed by atoms with E-state index in [9.17, 15) is 0 Å². The Kier molecular flexibility index (Phi) is 4.84. The molecule has 15 heavy (non-hydrogen) atoms. The van der Waals surface area contributed by atoms with Crippen LogP contribution in [0.25, 0.3) is 0 Å². The monoisotopic (exact) mass is 229 g/mol. The van der Waals surface area contributed by atoms with Crippen molar-refractivity contribution in [2.45, 2.75) is 46.1 Å². The summed E-state index contributed by atoms with van der Waals surface area (Å²) in [5.74, 6) is 2.11. The standard InChI is InChI=1S/C12H23NOS/c1-8(2)10-6-5-9(3)7-11(10)14-12(15)13-4/h8-11H,5-7H2,1-4H3,(H,13,15)/t9-,10+,11-/m1/s1. The van der Waals surface area contributed by atoms with Gasteiger partial charge in [-0.25, -0.2) is 0 Å². The van der Waals surface area contributed by atoms with Crippen molar-refractivity contribution >= 4 is 17.4 Å². The lowest BCUT2D eigenvalue weighted by molar-refractivity contribution is 0.0365. The van der Waals surface area contributed by atoms with Gasteiger partial charge in [-0.2, -0.15) is 0 Å². The van der Waals surface area contributed by atoms with Crippen molar-refractivity contribution in [1.82, 2.24) is 5.32 Å². The molecule has 88 valence electrons. The third-order valence-electron chi connectivity index (χ3n) is 3.42. The molecule has 0 heterocycles. The van der Waals surface area contributed by atoms with Gasteiger partial charge in [0.25, 0.3) is 5.17 Å². The van der Waals surface area contributed by atoms with Crippen LogP contribution in [0.1, 0.15) is 40.0 Å². The van der Waals surface area contributed by atoms with E-state index in [4.69, 9.17) is 17.0 Å². The Bertz CT molecular complexity index is 218. The highest BCUT2D eigenvalue weighted by Gasteiger charge is 2.32. The molecule has 1 rings (SSSR count). The first-order valence-electron chi connectivity index (χ1n) is 5.93. The van der Waals surface area contributed by atoms with Gasteiger partial charge in [0.15, 0.2) is 0 Å². The molecule has 0 aromatic rings. The quantitative estimate of drug-likeness (QED) is 0.736. The lowest BCUT2D eigenvalue weighted by Crippen LogP contribution is -2.37. The average molecular weight is 229 g/mol. The second-order valence-corrected chi connectivity index (χ2v) is 5.39. The fourth-order valence-electron chi connectivity index (χ4n) is 2.45. The molecule has 1 saturated carbocycles. The van der Waals surface area contributed by atoms with Crippen LogP contribution in [-0.2, 0) is 4.74 Å². The number of hydrogen-bond donors (Lipinski definition) is 1. The smallest absolute Gasteiger partial charge is 0.256 e. The van der Waals surface area contributed by atoms with E-state index < -0.39 is 0 Å². The summed E-state index contributed by atoms with van der Waals surface area (Å²) in [6.07, 6.45) is 4.06. The van der Waals surface area contributed by atoms with Crippen LogP contribution in [0.3, 0.4) is 0 Å². The van der Waals surface area contributed by atoms with E-state index in [-0.39, 0.29) is 0 Å². The van der Waals surface area contributed by atoms with Crippen LogP contribution in [-0.4, -0.2) is 18.3 Å². The lowest BCUT2D eigenvalue weighted by atomic mass is 9.75. The molecule has 1 fully saturated rings. The summed E-state index contributed by atoms with van der Waals surface area (Å²) in [6, 6.07) is 0. The molecule has 3 atom stereocenters. The minimum Gasteiger partial charge on any atom is -0.467 e. The van der Waals surface area contributed by atoms with Crippen molar-refractivity contribution in [3.05, 3.63) is 0 Å². The molecule has 0 aliphatic heterocycles. The van der Waals surface area contributed by atoms with E-state index in [1.807, 2.05) is 7.05 Å². The minimum atomic E-state index is 0.314. The molecule has 0 aromatic carbocycles. The molecule has 2 nitrogen and oxygen atoms in total. The van der Waals surface area contributed by atoms with E-state index in [1.54, 1.807) is 0 Å². The Morgan fingerprint density at radius 3 is 2.60 bits per heavy atom. The molecule has 0 saturated heterocycles. The second kappa shape index (κ2) is 5.69. The molecule has 0 unspecified atom stereocenters. The molecule has 1 aliphatic rings. The first kappa shape index (κ1) is 12.8. The normalized spacial score (nSPS) is 31.4. The number of rotatable bonds is 2. The predicted octanol–water partition coefficient (Wildman–Crippen LogP) is 2.97. The van der Waals surface area contributed by atoms with E-state index in [0.717, 1.165) is 12.3 Å². The molecule has 0 spiro atoms. The Hall–Kier alpha value is -0.310. The first-order chi connectivity index (χ1) is 7.04. The highest BCUT2D eigenvalue weighted by Crippen LogP contribution is 2.35. The zero-order chi connectivity index (χ0) is 11.4. The molecular weight excluding hydrogens is 206 g/mol. The second-order valence-electron chi connectivity index (χ2n) is 5.02. The van der Waals surface area contributed by atoms with Gasteiger partial charge in [-0.3, -0.25) is 0 Å². The molecule has 3 heteroatoms. The van der Waals surface area contributed by atoms with Gasteiger partial charge in [-0.15, -0.1) is 0 Å². The Morgan fingerprint density at radius 1 is 1.40 bits per heavy atom. The summed E-state index contributed by atoms with van der Waals surface area (Å²) >= 11 is 5.08. The van der Waals surface area contributed by atoms with Gasteiger partial charge in [0, 0.05) is 7.05 Å². The van der Waals surface area contributed by atoms with Crippen molar-refractivity contribution in [2.24, 2.45) is 17.8 Å². The number of hydrogen-bond acceptors (Lipinski definition) is 2. The van der Waals surface area contributed by atoms with E-state index in [2.05, 4.69) is 26.1 Å². The summed E-state index contributed by atoms with van der Waals surface area (Å²) in [4.78, 5) is 0. The topological polar surface area (TPSA) is 21.3 Å². The fraction of sp³-hybridized carbons (Fsp3) is 0.917. The first-order valence-corrected chi connectivity index (χ1v) is 6.33. The van der Waals surface area contributed by atoms with Crippen molar-refractivity contribution in [3.8, 4) is 0 Å². The summed E-state index contributed by atoms with van der Waals surface area (Å²) < 4.78 is 5.81. The van der Waals surface area contributed by atoms with Gasteiger partial charge in [0.05, 0.1) is 0 Å². The summed E-state index contributed by atoms with van der Waals surface area (Å²) in [5.41, 5.74) is 0. The van der Waals surface area contributed by atoms with E-state index in [0.29, 0.717) is 23.1 Å². The van der Waals surface area contributed by atoms with Crippen molar-refractivity contribution < 1.29 is 4.74 Å². The highest BCUT2D eigenvalue weighted by molar-refractivity contribution is 7.80. The Balaban J connectivity index is 2.57. The molecule has 1 aliphatic carbocycles. The maximum atomic E-state index is 5.81. The van der Waals surface area contributed by atoms with Gasteiger partial charge >= 0.3 is 0 Å². The fourth-order valence-corrected chi connectivity index (χ4v) is 2.57. The van der Waals surface area contributed by atoms with Gasteiger partial charge in [0.2, 0.25) is 0 Å². The van der Waals surface area contributed by atoms with Crippen LogP contribution in [0.5, 0.6) is 0 Å². The van der Waals surface area contributed by atoms with Crippen LogP contribution in [0.4, 0.5) is 0 Å². The maximum Gasteiger partial charge on any atom is 0.256 e. The summed E-state index contributed by atoms with van der Waals surface area (Å²) in [7, 11) is 1.82. The van der Waals surface area contributed by atoms with Crippen LogP contribution in [0, 0.1) is 17.8 Å². The van der Waals surface area contributed by atoms with Crippen LogP contribution in [0.2, 0.25) is 0 Å². The number of thiocarbonyl (C=S) groups is 1. The third-order valence-corrected chi connectivity index (χ3v) is 3.72. The van der Waals surface area contributed by atoms with Gasteiger partial charge < -0.3 is 10.1 Å². The van der Waals surface area contributed by atoms with E-state index in [1.165, 1.54) is 12.8 Å². The maximum absolute atomic E-state index is 5.81. The summed E-state index contributed by atoms with van der Waals surface area (Å²) in [5, 5.41) is 3.44. The Morgan fingerprint density at radius 2 is 2.07 bits per heavy atom. The Labute approximate surface area is 98.8 Å². The van der Waals surface area contributed by atoms with E-state index >= 15 is 0 Å². The van der Waals surface area contributed by atoms with Crippen molar-refractivity contribution in [1.29, 1.82) is 0 Å². The van der Waals surface area contributed by atoms with Crippen molar-refractivity contribution in [3.63, 3.8) is 0 Å². The van der Waals surface area contributed by atoms with Gasteiger partial charge in [-0.1, -0.05) is 27.2 Å². The molecule has 0 radical (unpaired) electrons. The van der Waals surface area contributed by atoms with Gasteiger partial charge in [-0.05, 0) is 42.8 Å². The zero-order valence-corrected chi connectivity index (χ0v) is 11.1. The largest absolute Gasteiger partial charge is 0.467 e. The van der Waals surface area contributed by atoms with Crippen LogP contribution >= 0.6 is 12.2 Å². The number of ether oxygens (including phenoxy) is 1. The molecule has 0 amide bonds. The van der Waals surface area contributed by atoms with Crippen molar-refractivity contribution in [2.75, 3.05) is 7.05 Å². The zero-order valence-electron chi connectivity index (χ0n) is 10.2. The molecular formula is C12H23NOS. The minimum absolute atomic E-state index is 0.314. The molecule has 1 N–H and O–H groups in total. The third kappa shape index (κ3) is 3.63. The SMILES string of the molecule is CNC(=S)O[C@@H]1C[C@H](C)CC[C@H]1C(C)C. The number of nitrogens with one attached hydrogen (secondary N) is 1. The average Bonchev–Trinajstić information content (AvgIpc) is 2.17. The van der Waals surface area contributed by atoms with Gasteiger partial charge in [0.1, 0.15) is 6.10 Å². The molecule has 0 aromatic heterocycles. The van der Waals surface area contributed by atoms with Crippen LogP contribution in [0.15, 0.2) is 0 Å². The lowest BCUT2D eigenvalue weighted by Gasteiger charge is -2.37.